The van der Waals surface area contributed by atoms with Gasteiger partial charge >= 0.3 is 0 Å². The highest BCUT2D eigenvalue weighted by Crippen LogP contribution is 2.23. The summed E-state index contributed by atoms with van der Waals surface area (Å²) in [5.74, 6) is 0.910. The lowest BCUT2D eigenvalue weighted by Gasteiger charge is -2.36. The van der Waals surface area contributed by atoms with Crippen molar-refractivity contribution in [1.82, 2.24) is 9.80 Å². The molecule has 0 aromatic heterocycles. The van der Waals surface area contributed by atoms with E-state index in [-0.39, 0.29) is 25.4 Å². The molecule has 0 saturated carbocycles. The van der Waals surface area contributed by atoms with Gasteiger partial charge in [-0.15, -0.1) is 0 Å². The number of aliphatic hydroxyl groups excluding tert-OH is 1. The van der Waals surface area contributed by atoms with Crippen LogP contribution in [-0.4, -0.2) is 77.8 Å². The van der Waals surface area contributed by atoms with Crippen molar-refractivity contribution in [1.29, 1.82) is 0 Å². The maximum atomic E-state index is 12.3. The van der Waals surface area contributed by atoms with Gasteiger partial charge in [-0.3, -0.25) is 9.59 Å². The quantitative estimate of drug-likeness (QED) is 0.715. The normalized spacial score (nSPS) is 21.0. The number of ether oxygens (including phenoxy) is 1. The molecule has 1 aromatic rings. The Morgan fingerprint density at radius 1 is 1.10 bits per heavy atom. The van der Waals surface area contributed by atoms with E-state index in [9.17, 15) is 4.79 Å². The van der Waals surface area contributed by atoms with Crippen molar-refractivity contribution in [3.8, 4) is 5.75 Å². The van der Waals surface area contributed by atoms with Crippen LogP contribution in [0, 0.1) is 0 Å². The fraction of sp³-hybridized carbons (Fsp3) is 0.652. The predicted molar refractivity (Wildman–Crippen MR) is 116 cm³/mol. The molecule has 168 valence electrons. The van der Waals surface area contributed by atoms with Crippen molar-refractivity contribution < 1.29 is 24.5 Å². The lowest BCUT2D eigenvalue weighted by atomic mass is 9.95. The monoisotopic (exact) mass is 420 g/mol. The van der Waals surface area contributed by atoms with Crippen LogP contribution in [0.15, 0.2) is 24.3 Å². The lowest BCUT2D eigenvalue weighted by Crippen LogP contribution is -2.41. The molecule has 30 heavy (non-hydrogen) atoms. The summed E-state index contributed by atoms with van der Waals surface area (Å²) in [4.78, 5) is 25.2. The molecule has 0 radical (unpaired) electrons. The minimum atomic E-state index is -0.250. The molecular weight excluding hydrogens is 384 g/mol. The number of carboxylic acid groups (broad SMARTS) is 1. The lowest BCUT2D eigenvalue weighted by molar-refractivity contribution is -0.132. The second kappa shape index (κ2) is 14.0. The Bertz CT molecular complexity index is 640. The van der Waals surface area contributed by atoms with Crippen LogP contribution < -0.4 is 4.74 Å². The molecule has 7 nitrogen and oxygen atoms in total. The first-order valence-electron chi connectivity index (χ1n) is 11.1. The number of fused-ring (bicyclic) bond motifs is 3. The van der Waals surface area contributed by atoms with Gasteiger partial charge in [0, 0.05) is 19.0 Å². The summed E-state index contributed by atoms with van der Waals surface area (Å²) in [6.07, 6.45) is 8.59. The Morgan fingerprint density at radius 3 is 2.60 bits per heavy atom. The molecule has 2 N–H and O–H groups in total. The van der Waals surface area contributed by atoms with Gasteiger partial charge in [0.1, 0.15) is 12.4 Å². The topological polar surface area (TPSA) is 90.3 Å². The third-order valence-electron chi connectivity index (χ3n) is 5.85. The molecule has 2 aliphatic heterocycles. The fourth-order valence-corrected chi connectivity index (χ4v) is 4.31. The summed E-state index contributed by atoms with van der Waals surface area (Å²) in [6.45, 7) is 3.82. The molecule has 1 unspecified atom stereocenters. The van der Waals surface area contributed by atoms with Crippen molar-refractivity contribution in [3.63, 3.8) is 0 Å². The van der Waals surface area contributed by atoms with Gasteiger partial charge in [-0.2, -0.15) is 0 Å². The van der Waals surface area contributed by atoms with Crippen LogP contribution in [0.4, 0.5) is 0 Å². The maximum Gasteiger partial charge on any atom is 0.290 e. The third kappa shape index (κ3) is 8.32. The number of aryl methyl sites for hydroxylation is 1. The maximum absolute atomic E-state index is 12.3. The van der Waals surface area contributed by atoms with E-state index in [0.29, 0.717) is 19.2 Å². The van der Waals surface area contributed by atoms with Crippen LogP contribution in [0.3, 0.4) is 0 Å². The van der Waals surface area contributed by atoms with Crippen molar-refractivity contribution in [2.45, 2.75) is 57.4 Å². The standard InChI is InChI=1S/C22H34N2O3.CH2O2/c25-16-11-22(26)24-14-4-3-13-23-12-2-1-7-20(23)10-9-19-6-5-8-21(18-19)27-17-15-24;2-1-3/h5-6,8,18,20,25H,1-4,7,9-17H2;1H,(H,2,3). The molecule has 7 heteroatoms. The minimum Gasteiger partial charge on any atom is -0.492 e. The first-order chi connectivity index (χ1) is 14.7. The number of aliphatic hydroxyl groups is 1. The second-order valence-corrected chi connectivity index (χ2v) is 7.89. The number of nitrogens with zero attached hydrogens (tertiary/aromatic N) is 2. The van der Waals surface area contributed by atoms with Crippen LogP contribution in [-0.2, 0) is 16.0 Å². The largest absolute Gasteiger partial charge is 0.492 e. The first kappa shape index (κ1) is 24.2. The van der Waals surface area contributed by atoms with Crippen molar-refractivity contribution in [2.75, 3.05) is 39.4 Å². The van der Waals surface area contributed by atoms with Crippen molar-refractivity contribution in [2.24, 2.45) is 0 Å². The van der Waals surface area contributed by atoms with Crippen LogP contribution in [0.2, 0.25) is 0 Å². The second-order valence-electron chi connectivity index (χ2n) is 7.89. The van der Waals surface area contributed by atoms with E-state index >= 15 is 0 Å². The van der Waals surface area contributed by atoms with E-state index in [1.165, 1.54) is 37.8 Å². The SMILES string of the molecule is O=C(CCO)N1CCCCN2CCCCC2CCc2cccc(c2)OCC1.O=CO. The number of carbonyl (C=O) groups excluding carboxylic acids is 1. The summed E-state index contributed by atoms with van der Waals surface area (Å²) in [7, 11) is 0. The highest BCUT2D eigenvalue weighted by Gasteiger charge is 2.22. The molecule has 1 fully saturated rings. The average molecular weight is 421 g/mol. The van der Waals surface area contributed by atoms with Gasteiger partial charge < -0.3 is 24.7 Å². The number of amides is 1. The molecule has 1 aromatic carbocycles. The smallest absolute Gasteiger partial charge is 0.290 e. The minimum absolute atomic E-state index is 0.0232. The Hall–Kier alpha value is -2.12. The van der Waals surface area contributed by atoms with E-state index in [4.69, 9.17) is 19.7 Å². The van der Waals surface area contributed by atoms with Crippen LogP contribution in [0.25, 0.3) is 0 Å². The zero-order chi connectivity index (χ0) is 21.6. The van der Waals surface area contributed by atoms with Crippen LogP contribution in [0.1, 0.15) is 50.5 Å². The summed E-state index contributed by atoms with van der Waals surface area (Å²) < 4.78 is 5.92. The average Bonchev–Trinajstić information content (AvgIpc) is 2.75. The number of benzene rings is 1. The number of rotatable bonds is 2. The molecular formula is C23H36N2O5. The van der Waals surface area contributed by atoms with Gasteiger partial charge in [-0.1, -0.05) is 18.6 Å². The highest BCUT2D eigenvalue weighted by atomic mass is 16.5. The van der Waals surface area contributed by atoms with E-state index in [2.05, 4.69) is 23.1 Å². The molecule has 2 heterocycles. The third-order valence-corrected chi connectivity index (χ3v) is 5.85. The van der Waals surface area contributed by atoms with Crippen molar-refractivity contribution in [3.05, 3.63) is 29.8 Å². The van der Waals surface area contributed by atoms with Gasteiger partial charge in [-0.25, -0.2) is 0 Å². The zero-order valence-corrected chi connectivity index (χ0v) is 17.9. The predicted octanol–water partition coefficient (Wildman–Crippen LogP) is 2.56. The van der Waals surface area contributed by atoms with Crippen LogP contribution >= 0.6 is 0 Å². The summed E-state index contributed by atoms with van der Waals surface area (Å²) in [5.41, 5.74) is 1.33. The first-order valence-corrected chi connectivity index (χ1v) is 11.1. The molecule has 1 saturated heterocycles. The zero-order valence-electron chi connectivity index (χ0n) is 17.9. The van der Waals surface area contributed by atoms with Gasteiger partial charge in [0.2, 0.25) is 5.91 Å². The summed E-state index contributed by atoms with van der Waals surface area (Å²) in [5, 5.41) is 16.0. The number of carbonyl (C=O) groups is 2. The molecule has 1 atom stereocenters. The Kier molecular flexibility index (Phi) is 11.3. The Balaban J connectivity index is 0.00000101. The van der Waals surface area contributed by atoms with Crippen LogP contribution in [0.5, 0.6) is 5.75 Å². The van der Waals surface area contributed by atoms with Gasteiger partial charge in [0.05, 0.1) is 13.2 Å². The van der Waals surface area contributed by atoms with Crippen molar-refractivity contribution >= 4 is 12.4 Å². The summed E-state index contributed by atoms with van der Waals surface area (Å²) in [6, 6.07) is 9.08. The van der Waals surface area contributed by atoms with E-state index in [0.717, 1.165) is 38.1 Å². The Morgan fingerprint density at radius 2 is 1.83 bits per heavy atom. The number of hydrogen-bond donors (Lipinski definition) is 2. The number of hydrogen-bond acceptors (Lipinski definition) is 5. The van der Waals surface area contributed by atoms with Gasteiger partial charge in [0.15, 0.2) is 0 Å². The molecule has 2 bridgehead atoms. The highest BCUT2D eigenvalue weighted by molar-refractivity contribution is 5.76. The summed E-state index contributed by atoms with van der Waals surface area (Å²) >= 11 is 0. The number of piperidine rings is 1. The van der Waals surface area contributed by atoms with Gasteiger partial charge in [-0.05, 0) is 69.3 Å². The van der Waals surface area contributed by atoms with Gasteiger partial charge in [0.25, 0.3) is 6.47 Å². The molecule has 0 spiro atoms. The fourth-order valence-electron chi connectivity index (χ4n) is 4.31. The molecule has 3 rings (SSSR count). The molecule has 1 amide bonds. The van der Waals surface area contributed by atoms with E-state index in [1.807, 2.05) is 11.0 Å². The van der Waals surface area contributed by atoms with E-state index in [1.54, 1.807) is 0 Å². The molecule has 2 aliphatic rings. The van der Waals surface area contributed by atoms with E-state index < -0.39 is 0 Å². The Labute approximate surface area is 179 Å². The molecule has 0 aliphatic carbocycles.